The number of nitrogens with one attached hydrogen (secondary N) is 1. The van der Waals surface area contributed by atoms with E-state index < -0.39 is 0 Å². The minimum Gasteiger partial charge on any atom is -0.496 e. The van der Waals surface area contributed by atoms with E-state index in [2.05, 4.69) is 21.2 Å². The smallest absolute Gasteiger partial charge is 0.257 e. The molecule has 1 amide bonds. The van der Waals surface area contributed by atoms with Crippen molar-refractivity contribution in [3.63, 3.8) is 0 Å². The van der Waals surface area contributed by atoms with E-state index in [4.69, 9.17) is 21.1 Å². The summed E-state index contributed by atoms with van der Waals surface area (Å²) in [5, 5.41) is 3.28. The molecular weight excluding hydrogens is 382 g/mol. The molecule has 2 rings (SSSR count). The third kappa shape index (κ3) is 5.44. The summed E-state index contributed by atoms with van der Waals surface area (Å²) in [6.45, 7) is 0.427. The normalized spacial score (nSPS) is 10.2. The number of ether oxygens (including phenoxy) is 2. The van der Waals surface area contributed by atoms with Gasteiger partial charge < -0.3 is 14.8 Å². The molecule has 0 fully saturated rings. The van der Waals surface area contributed by atoms with Gasteiger partial charge in [0.2, 0.25) is 0 Å². The number of halogens is 2. The molecule has 0 saturated heterocycles. The van der Waals surface area contributed by atoms with Crippen molar-refractivity contribution in [1.82, 2.24) is 5.32 Å². The molecule has 2 aromatic carbocycles. The van der Waals surface area contributed by atoms with Crippen LogP contribution in [-0.4, -0.2) is 26.2 Å². The first-order valence-electron chi connectivity index (χ1n) is 7.06. The monoisotopic (exact) mass is 397 g/mol. The van der Waals surface area contributed by atoms with Crippen LogP contribution in [0.15, 0.2) is 46.9 Å². The van der Waals surface area contributed by atoms with Crippen LogP contribution in [0.5, 0.6) is 11.5 Å². The lowest BCUT2D eigenvalue weighted by Crippen LogP contribution is -2.30. The molecule has 2 aromatic rings. The Bertz CT molecular complexity index is 679. The van der Waals surface area contributed by atoms with Crippen molar-refractivity contribution in [2.75, 3.05) is 20.3 Å². The van der Waals surface area contributed by atoms with E-state index in [9.17, 15) is 4.79 Å². The van der Waals surface area contributed by atoms with E-state index in [1.165, 1.54) is 0 Å². The van der Waals surface area contributed by atoms with Gasteiger partial charge >= 0.3 is 0 Å². The van der Waals surface area contributed by atoms with Crippen molar-refractivity contribution in [3.05, 3.63) is 57.5 Å². The fourth-order valence-electron chi connectivity index (χ4n) is 2.03. The molecule has 0 spiro atoms. The molecule has 0 aromatic heterocycles. The summed E-state index contributed by atoms with van der Waals surface area (Å²) in [4.78, 5) is 11.8. The fourth-order valence-corrected chi connectivity index (χ4v) is 2.54. The Kier molecular flexibility index (Phi) is 6.74. The Morgan fingerprint density at radius 2 is 2.00 bits per heavy atom. The third-order valence-electron chi connectivity index (χ3n) is 3.16. The molecule has 0 aliphatic carbocycles. The highest BCUT2D eigenvalue weighted by molar-refractivity contribution is 9.10. The lowest BCUT2D eigenvalue weighted by molar-refractivity contribution is -0.123. The number of benzene rings is 2. The van der Waals surface area contributed by atoms with Gasteiger partial charge in [-0.05, 0) is 36.2 Å². The van der Waals surface area contributed by atoms with Crippen LogP contribution in [0.4, 0.5) is 0 Å². The summed E-state index contributed by atoms with van der Waals surface area (Å²) in [5.41, 5.74) is 1.05. The molecule has 0 saturated carbocycles. The van der Waals surface area contributed by atoms with Gasteiger partial charge in [0.25, 0.3) is 5.91 Å². The van der Waals surface area contributed by atoms with Crippen molar-refractivity contribution in [3.8, 4) is 11.5 Å². The summed E-state index contributed by atoms with van der Waals surface area (Å²) in [5.74, 6) is 1.09. The van der Waals surface area contributed by atoms with Crippen molar-refractivity contribution < 1.29 is 14.3 Å². The molecule has 0 bridgehead atoms. The first-order valence-corrected chi connectivity index (χ1v) is 8.23. The summed E-state index contributed by atoms with van der Waals surface area (Å²) < 4.78 is 11.5. The molecule has 23 heavy (non-hydrogen) atoms. The average molecular weight is 399 g/mol. The van der Waals surface area contributed by atoms with Crippen LogP contribution in [0.1, 0.15) is 5.56 Å². The predicted molar refractivity (Wildman–Crippen MR) is 94.4 cm³/mol. The van der Waals surface area contributed by atoms with Gasteiger partial charge in [-0.1, -0.05) is 45.7 Å². The maximum atomic E-state index is 11.8. The van der Waals surface area contributed by atoms with Gasteiger partial charge in [-0.3, -0.25) is 4.79 Å². The summed E-state index contributed by atoms with van der Waals surface area (Å²) in [6.07, 6.45) is 0.688. The third-order valence-corrected chi connectivity index (χ3v) is 3.97. The molecule has 1 N–H and O–H groups in total. The number of carbonyl (C=O) groups excluding carboxylic acids is 1. The number of rotatable bonds is 7. The summed E-state index contributed by atoms with van der Waals surface area (Å²) >= 11 is 9.34. The van der Waals surface area contributed by atoms with Crippen LogP contribution in [0.25, 0.3) is 0 Å². The van der Waals surface area contributed by atoms with Gasteiger partial charge in [-0.25, -0.2) is 0 Å². The summed E-state index contributed by atoms with van der Waals surface area (Å²) in [6, 6.07) is 13.0. The van der Waals surface area contributed by atoms with Crippen molar-refractivity contribution in [2.45, 2.75) is 6.42 Å². The quantitative estimate of drug-likeness (QED) is 0.770. The number of para-hydroxylation sites is 1. The minimum absolute atomic E-state index is 0.0813. The largest absolute Gasteiger partial charge is 0.496 e. The zero-order valence-corrected chi connectivity index (χ0v) is 15.0. The van der Waals surface area contributed by atoms with Crippen LogP contribution in [0.2, 0.25) is 5.02 Å². The molecule has 0 heterocycles. The molecule has 0 atom stereocenters. The van der Waals surface area contributed by atoms with E-state index in [-0.39, 0.29) is 12.5 Å². The van der Waals surface area contributed by atoms with Gasteiger partial charge in [-0.2, -0.15) is 0 Å². The molecule has 4 nitrogen and oxygen atoms in total. The molecule has 0 unspecified atom stereocenters. The Morgan fingerprint density at radius 1 is 1.22 bits per heavy atom. The number of carbonyl (C=O) groups is 1. The standard InChI is InChI=1S/C17H17BrClNO3/c1-22-15-5-3-2-4-12(15)8-9-20-17(21)11-23-16-10-13(18)6-7-14(16)19/h2-7,10H,8-9,11H2,1H3,(H,20,21). The van der Waals surface area contributed by atoms with Crippen molar-refractivity contribution in [2.24, 2.45) is 0 Å². The Morgan fingerprint density at radius 3 is 2.78 bits per heavy atom. The fraction of sp³-hybridized carbons (Fsp3) is 0.235. The number of hydrogen-bond acceptors (Lipinski definition) is 3. The highest BCUT2D eigenvalue weighted by atomic mass is 79.9. The van der Waals surface area contributed by atoms with E-state index in [0.717, 1.165) is 15.8 Å². The van der Waals surface area contributed by atoms with Gasteiger partial charge in [0.05, 0.1) is 12.1 Å². The second kappa shape index (κ2) is 8.79. The second-order valence-corrected chi connectivity index (χ2v) is 6.10. The Hall–Kier alpha value is -1.72. The predicted octanol–water partition coefficient (Wildman–Crippen LogP) is 3.85. The zero-order valence-electron chi connectivity index (χ0n) is 12.6. The van der Waals surface area contributed by atoms with E-state index in [1.807, 2.05) is 30.3 Å². The molecular formula is C17H17BrClNO3. The van der Waals surface area contributed by atoms with E-state index in [1.54, 1.807) is 19.2 Å². The SMILES string of the molecule is COc1ccccc1CCNC(=O)COc1cc(Br)ccc1Cl. The topological polar surface area (TPSA) is 47.6 Å². The highest BCUT2D eigenvalue weighted by Gasteiger charge is 2.07. The Labute approximate surface area is 148 Å². The van der Waals surface area contributed by atoms with Gasteiger partial charge in [0.1, 0.15) is 11.5 Å². The lowest BCUT2D eigenvalue weighted by Gasteiger charge is -2.10. The lowest BCUT2D eigenvalue weighted by atomic mass is 10.1. The Balaban J connectivity index is 1.78. The number of amides is 1. The first kappa shape index (κ1) is 17.6. The van der Waals surface area contributed by atoms with Gasteiger partial charge in [0, 0.05) is 11.0 Å². The molecule has 6 heteroatoms. The zero-order chi connectivity index (χ0) is 16.7. The first-order chi connectivity index (χ1) is 11.1. The number of hydrogen-bond donors (Lipinski definition) is 1. The molecule has 0 aliphatic rings. The molecule has 0 radical (unpaired) electrons. The van der Waals surface area contributed by atoms with Gasteiger partial charge in [0.15, 0.2) is 6.61 Å². The molecule has 122 valence electrons. The van der Waals surface area contributed by atoms with Gasteiger partial charge in [-0.15, -0.1) is 0 Å². The average Bonchev–Trinajstić information content (AvgIpc) is 2.56. The van der Waals surface area contributed by atoms with Crippen LogP contribution in [-0.2, 0) is 11.2 Å². The maximum absolute atomic E-state index is 11.8. The maximum Gasteiger partial charge on any atom is 0.257 e. The van der Waals surface area contributed by atoms with Crippen molar-refractivity contribution >= 4 is 33.4 Å². The van der Waals surface area contributed by atoms with Crippen LogP contribution in [0.3, 0.4) is 0 Å². The molecule has 0 aliphatic heterocycles. The van der Waals surface area contributed by atoms with Crippen LogP contribution >= 0.6 is 27.5 Å². The second-order valence-electron chi connectivity index (χ2n) is 4.78. The minimum atomic E-state index is -0.198. The van der Waals surface area contributed by atoms with Crippen LogP contribution in [0, 0.1) is 0 Å². The highest BCUT2D eigenvalue weighted by Crippen LogP contribution is 2.27. The summed E-state index contributed by atoms with van der Waals surface area (Å²) in [7, 11) is 1.63. The van der Waals surface area contributed by atoms with E-state index in [0.29, 0.717) is 23.7 Å². The van der Waals surface area contributed by atoms with Crippen LogP contribution < -0.4 is 14.8 Å². The van der Waals surface area contributed by atoms with E-state index >= 15 is 0 Å². The van der Waals surface area contributed by atoms with Crippen molar-refractivity contribution in [1.29, 1.82) is 0 Å². The number of methoxy groups -OCH3 is 1.